The van der Waals surface area contributed by atoms with Gasteiger partial charge in [0.15, 0.2) is 11.5 Å². The summed E-state index contributed by atoms with van der Waals surface area (Å²) in [5.74, 6) is 2.66. The Bertz CT molecular complexity index is 802. The van der Waals surface area contributed by atoms with Crippen LogP contribution in [-0.4, -0.2) is 19.9 Å². The quantitative estimate of drug-likeness (QED) is 0.758. The Labute approximate surface area is 153 Å². The molecule has 1 atom stereocenters. The first-order chi connectivity index (χ1) is 12.3. The number of fused-ring (bicyclic) bond motifs is 2. The first-order valence-electron chi connectivity index (χ1n) is 9.18. The van der Waals surface area contributed by atoms with E-state index in [1.165, 1.54) is 41.1 Å². The first kappa shape index (κ1) is 15.4. The van der Waals surface area contributed by atoms with Gasteiger partial charge in [-0.1, -0.05) is 12.1 Å². The van der Waals surface area contributed by atoms with Gasteiger partial charge in [-0.05, 0) is 67.5 Å². The Kier molecular flexibility index (Phi) is 3.81. The lowest BCUT2D eigenvalue weighted by atomic mass is 10.1. The molecule has 3 aliphatic rings. The second kappa shape index (κ2) is 6.17. The minimum Gasteiger partial charge on any atom is -0.454 e. The van der Waals surface area contributed by atoms with Crippen LogP contribution in [-0.2, 0) is 0 Å². The molecular formula is C21H23NO2S. The van der Waals surface area contributed by atoms with Gasteiger partial charge >= 0.3 is 0 Å². The molecule has 2 aliphatic heterocycles. The monoisotopic (exact) mass is 353 g/mol. The van der Waals surface area contributed by atoms with E-state index in [-0.39, 0.29) is 0 Å². The van der Waals surface area contributed by atoms with Crippen molar-refractivity contribution in [1.29, 1.82) is 0 Å². The van der Waals surface area contributed by atoms with Gasteiger partial charge in [0, 0.05) is 23.2 Å². The van der Waals surface area contributed by atoms with Crippen molar-refractivity contribution in [2.75, 3.05) is 24.8 Å². The number of ether oxygens (including phenoxy) is 2. The van der Waals surface area contributed by atoms with Gasteiger partial charge in [0.25, 0.3) is 0 Å². The molecule has 0 saturated heterocycles. The van der Waals surface area contributed by atoms with E-state index in [0.717, 1.165) is 30.4 Å². The van der Waals surface area contributed by atoms with Crippen molar-refractivity contribution in [2.45, 2.75) is 36.3 Å². The molecule has 0 unspecified atom stereocenters. The second-order valence-corrected chi connectivity index (χ2v) is 8.61. The van der Waals surface area contributed by atoms with Gasteiger partial charge in [-0.25, -0.2) is 0 Å². The minimum atomic E-state index is 0.341. The molecular weight excluding hydrogens is 330 g/mol. The molecule has 1 saturated carbocycles. The van der Waals surface area contributed by atoms with Crippen LogP contribution < -0.4 is 14.4 Å². The van der Waals surface area contributed by atoms with Crippen LogP contribution in [0.1, 0.15) is 35.6 Å². The van der Waals surface area contributed by atoms with E-state index in [2.05, 4.69) is 48.2 Å². The van der Waals surface area contributed by atoms with E-state index >= 15 is 0 Å². The topological polar surface area (TPSA) is 21.7 Å². The molecule has 130 valence electrons. The molecule has 0 aromatic heterocycles. The summed E-state index contributed by atoms with van der Waals surface area (Å²) in [5.41, 5.74) is 4.10. The maximum absolute atomic E-state index is 5.59. The van der Waals surface area contributed by atoms with Gasteiger partial charge < -0.3 is 14.4 Å². The van der Waals surface area contributed by atoms with Crippen molar-refractivity contribution >= 4 is 17.4 Å². The molecule has 5 rings (SSSR count). The fourth-order valence-corrected chi connectivity index (χ4v) is 5.12. The number of hydrogen-bond acceptors (Lipinski definition) is 4. The number of aryl methyl sites for hydroxylation is 1. The van der Waals surface area contributed by atoms with E-state index in [1.807, 2.05) is 11.8 Å². The highest BCUT2D eigenvalue weighted by molar-refractivity contribution is 7.99. The summed E-state index contributed by atoms with van der Waals surface area (Å²) in [6, 6.07) is 13.4. The van der Waals surface area contributed by atoms with Crippen LogP contribution in [0.3, 0.4) is 0 Å². The van der Waals surface area contributed by atoms with Crippen LogP contribution in [0.5, 0.6) is 11.5 Å². The zero-order valence-electron chi connectivity index (χ0n) is 14.5. The summed E-state index contributed by atoms with van der Waals surface area (Å²) in [6.45, 7) is 4.86. The Morgan fingerprint density at radius 2 is 1.92 bits per heavy atom. The second-order valence-electron chi connectivity index (χ2n) is 7.37. The van der Waals surface area contributed by atoms with Crippen LogP contribution in [0.15, 0.2) is 41.3 Å². The molecule has 25 heavy (non-hydrogen) atoms. The van der Waals surface area contributed by atoms with E-state index in [9.17, 15) is 0 Å². The van der Waals surface area contributed by atoms with Gasteiger partial charge in [0.1, 0.15) is 0 Å². The van der Waals surface area contributed by atoms with E-state index in [4.69, 9.17) is 9.47 Å². The molecule has 0 N–H and O–H groups in total. The van der Waals surface area contributed by atoms with Crippen molar-refractivity contribution in [3.8, 4) is 11.5 Å². The van der Waals surface area contributed by atoms with Crippen LogP contribution in [0.25, 0.3) is 0 Å². The number of rotatable bonds is 3. The van der Waals surface area contributed by atoms with E-state index < -0.39 is 0 Å². The van der Waals surface area contributed by atoms with Crippen LogP contribution in [0.2, 0.25) is 0 Å². The van der Waals surface area contributed by atoms with Gasteiger partial charge in [-0.15, -0.1) is 11.8 Å². The summed E-state index contributed by atoms with van der Waals surface area (Å²) < 4.78 is 11.1. The summed E-state index contributed by atoms with van der Waals surface area (Å²) in [6.07, 6.45) is 3.96. The van der Waals surface area contributed by atoms with Crippen molar-refractivity contribution in [3.63, 3.8) is 0 Å². The number of anilines is 1. The third kappa shape index (κ3) is 3.08. The molecule has 3 nitrogen and oxygen atoms in total. The molecule has 1 aliphatic carbocycles. The smallest absolute Gasteiger partial charge is 0.231 e. The molecule has 2 aromatic rings. The SMILES string of the molecule is Cc1ccc2c(c1)S[C@H](c1ccc3c(c1)OCO3)CCN2CC1CC1. The van der Waals surface area contributed by atoms with Crippen molar-refractivity contribution < 1.29 is 9.47 Å². The van der Waals surface area contributed by atoms with Crippen molar-refractivity contribution in [3.05, 3.63) is 47.5 Å². The largest absolute Gasteiger partial charge is 0.454 e. The van der Waals surface area contributed by atoms with Crippen LogP contribution >= 0.6 is 11.8 Å². The average Bonchev–Trinajstić information content (AvgIpc) is 3.34. The van der Waals surface area contributed by atoms with Gasteiger partial charge in [0.2, 0.25) is 6.79 Å². The summed E-state index contributed by atoms with van der Waals surface area (Å²) >= 11 is 2.00. The molecule has 1 fully saturated rings. The van der Waals surface area contributed by atoms with Gasteiger partial charge in [-0.3, -0.25) is 0 Å². The van der Waals surface area contributed by atoms with Crippen LogP contribution in [0, 0.1) is 12.8 Å². The molecule has 0 radical (unpaired) electrons. The maximum Gasteiger partial charge on any atom is 0.231 e. The molecule has 2 aromatic carbocycles. The predicted octanol–water partition coefficient (Wildman–Crippen LogP) is 5.18. The Morgan fingerprint density at radius 1 is 1.04 bits per heavy atom. The number of benzene rings is 2. The van der Waals surface area contributed by atoms with E-state index in [0.29, 0.717) is 12.0 Å². The molecule has 2 heterocycles. The van der Waals surface area contributed by atoms with Gasteiger partial charge in [0.05, 0.1) is 5.69 Å². The Hall–Kier alpha value is -1.81. The third-order valence-electron chi connectivity index (χ3n) is 5.33. The fourth-order valence-electron chi connectivity index (χ4n) is 3.73. The first-order valence-corrected chi connectivity index (χ1v) is 10.1. The highest BCUT2D eigenvalue weighted by Crippen LogP contribution is 2.48. The highest BCUT2D eigenvalue weighted by Gasteiger charge is 2.29. The lowest BCUT2D eigenvalue weighted by Gasteiger charge is -2.24. The lowest BCUT2D eigenvalue weighted by Crippen LogP contribution is -2.26. The Balaban J connectivity index is 1.47. The fraction of sp³-hybridized carbons (Fsp3) is 0.429. The number of hydrogen-bond donors (Lipinski definition) is 0. The van der Waals surface area contributed by atoms with Crippen molar-refractivity contribution in [2.24, 2.45) is 5.92 Å². The normalized spacial score (nSPS) is 21.8. The summed E-state index contributed by atoms with van der Waals surface area (Å²) in [5, 5.41) is 0.458. The molecule has 4 heteroatoms. The van der Waals surface area contributed by atoms with E-state index in [1.54, 1.807) is 0 Å². The number of nitrogens with zero attached hydrogens (tertiary/aromatic N) is 1. The molecule has 0 bridgehead atoms. The predicted molar refractivity (Wildman–Crippen MR) is 102 cm³/mol. The molecule has 0 spiro atoms. The summed E-state index contributed by atoms with van der Waals surface area (Å²) in [7, 11) is 0. The van der Waals surface area contributed by atoms with Crippen molar-refractivity contribution in [1.82, 2.24) is 0 Å². The average molecular weight is 353 g/mol. The lowest BCUT2D eigenvalue weighted by molar-refractivity contribution is 0.174. The maximum atomic E-state index is 5.59. The summed E-state index contributed by atoms with van der Waals surface area (Å²) in [4.78, 5) is 4.03. The van der Waals surface area contributed by atoms with Crippen LogP contribution in [0.4, 0.5) is 5.69 Å². The third-order valence-corrected chi connectivity index (χ3v) is 6.70. The number of thioether (sulfide) groups is 1. The Morgan fingerprint density at radius 3 is 2.80 bits per heavy atom. The van der Waals surface area contributed by atoms with Gasteiger partial charge in [-0.2, -0.15) is 0 Å². The standard InChI is InChI=1S/C21H23NO2S/c1-14-2-6-17-21(10-14)25-20(8-9-22(17)12-15-3-4-15)16-5-7-18-19(11-16)24-13-23-18/h2,5-7,10-11,15,20H,3-4,8-9,12-13H2,1H3/t20-/m0/s1. The zero-order valence-corrected chi connectivity index (χ0v) is 15.3. The zero-order chi connectivity index (χ0) is 16.8. The minimum absolute atomic E-state index is 0.341. The molecule has 0 amide bonds. The highest BCUT2D eigenvalue weighted by atomic mass is 32.2.